The number of ketones is 1. The SMILES string of the molecule is CC(CC(=O)c1c[nH]c2ncc(Br)cc12)C(C)(C)C. The van der Waals surface area contributed by atoms with E-state index in [2.05, 4.69) is 53.6 Å². The van der Waals surface area contributed by atoms with Crippen LogP contribution >= 0.6 is 15.9 Å². The number of nitrogens with one attached hydrogen (secondary N) is 1. The first-order valence-electron chi connectivity index (χ1n) is 6.45. The summed E-state index contributed by atoms with van der Waals surface area (Å²) in [6.45, 7) is 8.62. The standard InChI is InChI=1S/C15H19BrN2O/c1-9(15(2,3)4)5-13(19)12-8-18-14-11(12)6-10(16)7-17-14/h6-9H,5H2,1-4H3,(H,17,18). The van der Waals surface area contributed by atoms with Crippen LogP contribution in [0.2, 0.25) is 0 Å². The third kappa shape index (κ3) is 3.06. The molecule has 1 unspecified atom stereocenters. The second-order valence-electron chi connectivity index (χ2n) is 6.15. The second kappa shape index (κ2) is 5.08. The molecule has 1 atom stereocenters. The van der Waals surface area contributed by atoms with Crippen LogP contribution in [0, 0.1) is 11.3 Å². The average Bonchev–Trinajstić information content (AvgIpc) is 2.70. The number of rotatable bonds is 3. The smallest absolute Gasteiger partial charge is 0.165 e. The van der Waals surface area contributed by atoms with E-state index in [1.165, 1.54) is 0 Å². The maximum Gasteiger partial charge on any atom is 0.165 e. The van der Waals surface area contributed by atoms with Gasteiger partial charge in [-0.05, 0) is 33.3 Å². The molecule has 2 heterocycles. The number of H-pyrrole nitrogens is 1. The molecule has 2 aromatic rings. The zero-order valence-electron chi connectivity index (χ0n) is 11.7. The Balaban J connectivity index is 2.29. The van der Waals surface area contributed by atoms with Crippen molar-refractivity contribution in [3.8, 4) is 0 Å². The quantitative estimate of drug-likeness (QED) is 0.840. The highest BCUT2D eigenvalue weighted by Crippen LogP contribution is 2.30. The normalized spacial score (nSPS) is 13.7. The first-order valence-corrected chi connectivity index (χ1v) is 7.24. The van der Waals surface area contributed by atoms with Crippen LogP contribution in [0.1, 0.15) is 44.5 Å². The van der Waals surface area contributed by atoms with Crippen molar-refractivity contribution in [1.29, 1.82) is 0 Å². The van der Waals surface area contributed by atoms with Crippen molar-refractivity contribution in [2.75, 3.05) is 0 Å². The number of carbonyl (C=O) groups excluding carboxylic acids is 1. The highest BCUT2D eigenvalue weighted by atomic mass is 79.9. The molecule has 3 nitrogen and oxygen atoms in total. The van der Waals surface area contributed by atoms with Crippen LogP contribution in [-0.2, 0) is 0 Å². The highest BCUT2D eigenvalue weighted by molar-refractivity contribution is 9.10. The Morgan fingerprint density at radius 3 is 2.79 bits per heavy atom. The molecule has 102 valence electrons. The molecule has 0 saturated heterocycles. The van der Waals surface area contributed by atoms with Crippen LogP contribution in [0.3, 0.4) is 0 Å². The van der Waals surface area contributed by atoms with Gasteiger partial charge in [-0.1, -0.05) is 27.7 Å². The number of pyridine rings is 1. The summed E-state index contributed by atoms with van der Waals surface area (Å²) in [5, 5.41) is 0.889. The van der Waals surface area contributed by atoms with E-state index in [0.29, 0.717) is 12.3 Å². The summed E-state index contributed by atoms with van der Waals surface area (Å²) >= 11 is 3.40. The predicted molar refractivity (Wildman–Crippen MR) is 81.4 cm³/mol. The van der Waals surface area contributed by atoms with Gasteiger partial charge in [-0.2, -0.15) is 0 Å². The Morgan fingerprint density at radius 1 is 1.47 bits per heavy atom. The van der Waals surface area contributed by atoms with E-state index in [9.17, 15) is 4.79 Å². The van der Waals surface area contributed by atoms with Gasteiger partial charge in [-0.3, -0.25) is 4.79 Å². The molecule has 2 aromatic heterocycles. The Kier molecular flexibility index (Phi) is 3.81. The fourth-order valence-electron chi connectivity index (χ4n) is 1.90. The molecule has 0 fully saturated rings. The fourth-order valence-corrected chi connectivity index (χ4v) is 2.23. The Morgan fingerprint density at radius 2 is 2.16 bits per heavy atom. The molecule has 0 aliphatic rings. The number of halogens is 1. The van der Waals surface area contributed by atoms with Crippen molar-refractivity contribution >= 4 is 32.7 Å². The molecular formula is C15H19BrN2O. The molecule has 0 radical (unpaired) electrons. The zero-order chi connectivity index (χ0) is 14.2. The van der Waals surface area contributed by atoms with E-state index in [4.69, 9.17) is 0 Å². The summed E-state index contributed by atoms with van der Waals surface area (Å²) in [7, 11) is 0. The van der Waals surface area contributed by atoms with Crippen molar-refractivity contribution in [2.45, 2.75) is 34.1 Å². The summed E-state index contributed by atoms with van der Waals surface area (Å²) in [6.07, 6.45) is 4.05. The number of nitrogens with zero attached hydrogens (tertiary/aromatic N) is 1. The lowest BCUT2D eigenvalue weighted by atomic mass is 9.78. The molecule has 1 N–H and O–H groups in total. The molecular weight excluding hydrogens is 304 g/mol. The molecule has 0 aliphatic carbocycles. The molecule has 0 aromatic carbocycles. The molecule has 0 spiro atoms. The van der Waals surface area contributed by atoms with Crippen LogP contribution in [-0.4, -0.2) is 15.8 Å². The summed E-state index contributed by atoms with van der Waals surface area (Å²) < 4.78 is 0.887. The first-order chi connectivity index (χ1) is 8.79. The van der Waals surface area contributed by atoms with Gasteiger partial charge in [0.2, 0.25) is 0 Å². The number of aromatic amines is 1. The first kappa shape index (κ1) is 14.3. The van der Waals surface area contributed by atoms with Gasteiger partial charge in [0.05, 0.1) is 0 Å². The van der Waals surface area contributed by atoms with Gasteiger partial charge >= 0.3 is 0 Å². The number of fused-ring (bicyclic) bond motifs is 1. The molecule has 19 heavy (non-hydrogen) atoms. The molecule has 2 rings (SSSR count). The molecule has 0 saturated carbocycles. The van der Waals surface area contributed by atoms with Crippen molar-refractivity contribution in [2.24, 2.45) is 11.3 Å². The number of carbonyl (C=O) groups is 1. The molecule has 0 aliphatic heterocycles. The van der Waals surface area contributed by atoms with Crippen molar-refractivity contribution < 1.29 is 4.79 Å². The van der Waals surface area contributed by atoms with Gasteiger partial charge in [0.25, 0.3) is 0 Å². The van der Waals surface area contributed by atoms with E-state index >= 15 is 0 Å². The minimum absolute atomic E-state index is 0.139. The van der Waals surface area contributed by atoms with Crippen molar-refractivity contribution in [1.82, 2.24) is 9.97 Å². The topological polar surface area (TPSA) is 45.8 Å². The monoisotopic (exact) mass is 322 g/mol. The molecule has 0 bridgehead atoms. The lowest BCUT2D eigenvalue weighted by Crippen LogP contribution is -2.20. The van der Waals surface area contributed by atoms with E-state index in [1.54, 1.807) is 12.4 Å². The lowest BCUT2D eigenvalue weighted by molar-refractivity contribution is 0.0929. The third-order valence-electron chi connectivity index (χ3n) is 3.77. The Labute approximate surface area is 121 Å². The molecule has 0 amide bonds. The van der Waals surface area contributed by atoms with Crippen molar-refractivity contribution in [3.63, 3.8) is 0 Å². The van der Waals surface area contributed by atoms with Crippen LogP contribution in [0.5, 0.6) is 0 Å². The van der Waals surface area contributed by atoms with Gasteiger partial charge in [-0.15, -0.1) is 0 Å². The van der Waals surface area contributed by atoms with E-state index in [-0.39, 0.29) is 11.2 Å². The van der Waals surface area contributed by atoms with Gasteiger partial charge in [-0.25, -0.2) is 4.98 Å². The fraction of sp³-hybridized carbons (Fsp3) is 0.467. The van der Waals surface area contributed by atoms with Gasteiger partial charge in [0, 0.05) is 34.2 Å². The zero-order valence-corrected chi connectivity index (χ0v) is 13.3. The van der Waals surface area contributed by atoms with E-state index in [1.807, 2.05) is 6.07 Å². The van der Waals surface area contributed by atoms with Crippen LogP contribution < -0.4 is 0 Å². The van der Waals surface area contributed by atoms with Crippen molar-refractivity contribution in [3.05, 3.63) is 28.5 Å². The Bertz CT molecular complexity index is 610. The number of aromatic nitrogens is 2. The Hall–Kier alpha value is -1.16. The van der Waals surface area contributed by atoms with Gasteiger partial charge in [0.15, 0.2) is 5.78 Å². The van der Waals surface area contributed by atoms with E-state index in [0.717, 1.165) is 21.1 Å². The van der Waals surface area contributed by atoms with E-state index < -0.39 is 0 Å². The van der Waals surface area contributed by atoms with Gasteiger partial charge in [0.1, 0.15) is 5.65 Å². The van der Waals surface area contributed by atoms with Crippen LogP contribution in [0.15, 0.2) is 22.9 Å². The second-order valence-corrected chi connectivity index (χ2v) is 7.06. The number of hydrogen-bond acceptors (Lipinski definition) is 2. The minimum atomic E-state index is 0.139. The average molecular weight is 323 g/mol. The predicted octanol–water partition coefficient (Wildman–Crippen LogP) is 4.58. The maximum absolute atomic E-state index is 12.4. The summed E-state index contributed by atoms with van der Waals surface area (Å²) in [4.78, 5) is 19.7. The lowest BCUT2D eigenvalue weighted by Gasteiger charge is -2.26. The number of hydrogen-bond donors (Lipinski definition) is 1. The molecule has 4 heteroatoms. The van der Waals surface area contributed by atoms with Crippen LogP contribution in [0.4, 0.5) is 0 Å². The van der Waals surface area contributed by atoms with Gasteiger partial charge < -0.3 is 4.98 Å². The summed E-state index contributed by atoms with van der Waals surface area (Å²) in [6, 6.07) is 1.94. The summed E-state index contributed by atoms with van der Waals surface area (Å²) in [5.74, 6) is 0.513. The maximum atomic E-state index is 12.4. The third-order valence-corrected chi connectivity index (χ3v) is 4.20. The van der Waals surface area contributed by atoms with Crippen LogP contribution in [0.25, 0.3) is 11.0 Å². The largest absolute Gasteiger partial charge is 0.345 e. The minimum Gasteiger partial charge on any atom is -0.345 e. The highest BCUT2D eigenvalue weighted by Gasteiger charge is 2.24. The summed E-state index contributed by atoms with van der Waals surface area (Å²) in [5.41, 5.74) is 1.63. The number of Topliss-reactive ketones (excluding diaryl/α,β-unsaturated/α-hetero) is 1.